The summed E-state index contributed by atoms with van der Waals surface area (Å²) in [6, 6.07) is 3.41. The second-order valence-electron chi connectivity index (χ2n) is 8.46. The highest BCUT2D eigenvalue weighted by Crippen LogP contribution is 2.11. The van der Waals surface area contributed by atoms with Crippen LogP contribution in [0, 0.1) is 0 Å². The van der Waals surface area contributed by atoms with Gasteiger partial charge in [-0.05, 0) is 46.2 Å². The van der Waals surface area contributed by atoms with Crippen LogP contribution in [-0.2, 0) is 4.74 Å². The van der Waals surface area contributed by atoms with Crippen molar-refractivity contribution in [1.29, 1.82) is 0 Å². The number of nitrogens with one attached hydrogen (secondary N) is 1. The van der Waals surface area contributed by atoms with Crippen molar-refractivity contribution in [3.63, 3.8) is 0 Å². The van der Waals surface area contributed by atoms with Gasteiger partial charge in [-0.15, -0.1) is 0 Å². The van der Waals surface area contributed by atoms with Crippen molar-refractivity contribution in [2.45, 2.75) is 46.6 Å². The fourth-order valence-corrected chi connectivity index (χ4v) is 3.27. The third-order valence-electron chi connectivity index (χ3n) is 4.71. The Morgan fingerprint density at radius 2 is 1.84 bits per heavy atom. The highest BCUT2D eigenvalue weighted by atomic mass is 16.6. The van der Waals surface area contributed by atoms with Gasteiger partial charge in [-0.3, -0.25) is 9.79 Å². The van der Waals surface area contributed by atoms with E-state index in [9.17, 15) is 9.59 Å². The number of guanidine groups is 1. The number of ether oxygens (including phenoxy) is 1. The molecule has 9 nitrogen and oxygen atoms in total. The molecule has 1 saturated heterocycles. The van der Waals surface area contributed by atoms with Gasteiger partial charge in [-0.2, -0.15) is 0 Å². The van der Waals surface area contributed by atoms with E-state index >= 15 is 0 Å². The van der Waals surface area contributed by atoms with E-state index in [0.29, 0.717) is 51.6 Å². The van der Waals surface area contributed by atoms with Gasteiger partial charge in [0.2, 0.25) is 0 Å². The highest BCUT2D eigenvalue weighted by Gasteiger charge is 2.25. The fraction of sp³-hybridized carbons (Fsp3) is 0.682. The zero-order valence-electron chi connectivity index (χ0n) is 19.5. The Morgan fingerprint density at radius 1 is 1.16 bits per heavy atom. The summed E-state index contributed by atoms with van der Waals surface area (Å²) in [5.41, 5.74) is -0.520. The Labute approximate surface area is 185 Å². The Bertz CT molecular complexity index is 719. The molecular formula is C22H37N5O4. The van der Waals surface area contributed by atoms with E-state index in [4.69, 9.17) is 14.1 Å². The van der Waals surface area contributed by atoms with Crippen LogP contribution in [0.15, 0.2) is 27.8 Å². The first-order chi connectivity index (χ1) is 14.7. The first kappa shape index (κ1) is 24.6. The molecular weight excluding hydrogens is 398 g/mol. The van der Waals surface area contributed by atoms with Gasteiger partial charge in [-0.25, -0.2) is 4.79 Å². The van der Waals surface area contributed by atoms with E-state index in [2.05, 4.69) is 10.2 Å². The van der Waals surface area contributed by atoms with Crippen molar-refractivity contribution < 1.29 is 18.7 Å². The normalized spacial score (nSPS) is 15.1. The summed E-state index contributed by atoms with van der Waals surface area (Å²) in [4.78, 5) is 35.3. The number of amides is 2. The van der Waals surface area contributed by atoms with Gasteiger partial charge < -0.3 is 29.2 Å². The molecule has 1 aliphatic rings. The van der Waals surface area contributed by atoms with Crippen molar-refractivity contribution in [2.24, 2.45) is 4.99 Å². The van der Waals surface area contributed by atoms with Crippen LogP contribution in [0.5, 0.6) is 0 Å². The molecule has 0 radical (unpaired) electrons. The molecule has 0 atom stereocenters. The minimum absolute atomic E-state index is 0.0841. The van der Waals surface area contributed by atoms with E-state index in [1.807, 2.05) is 34.6 Å². The van der Waals surface area contributed by atoms with Crippen LogP contribution in [0.1, 0.15) is 51.6 Å². The van der Waals surface area contributed by atoms with Crippen molar-refractivity contribution >= 4 is 18.0 Å². The third kappa shape index (κ3) is 7.80. The fourth-order valence-electron chi connectivity index (χ4n) is 3.27. The zero-order valence-corrected chi connectivity index (χ0v) is 19.5. The molecule has 2 rings (SSSR count). The average Bonchev–Trinajstić information content (AvgIpc) is 3.25. The molecule has 174 valence electrons. The maximum Gasteiger partial charge on any atom is 0.410 e. The standard InChI is InChI=1S/C22H37N5O4/c1-6-11-27(21(29)31-22(3,4)5)12-10-24-20(23-7-2)26-15-13-25(14-16-26)19(28)18-9-8-17-30-18/h8-9,17H,6-7,10-16H2,1-5H3,(H,23,24). The second kappa shape index (κ2) is 11.6. The molecule has 2 amide bonds. The topological polar surface area (TPSA) is 90.6 Å². The lowest BCUT2D eigenvalue weighted by molar-refractivity contribution is 0.0255. The van der Waals surface area contributed by atoms with Gasteiger partial charge in [0.25, 0.3) is 5.91 Å². The maximum atomic E-state index is 12.5. The van der Waals surface area contributed by atoms with E-state index in [-0.39, 0.29) is 12.0 Å². The lowest BCUT2D eigenvalue weighted by Gasteiger charge is -2.36. The van der Waals surface area contributed by atoms with Crippen LogP contribution in [0.3, 0.4) is 0 Å². The largest absolute Gasteiger partial charge is 0.459 e. The first-order valence-electron chi connectivity index (χ1n) is 11.1. The molecule has 2 heterocycles. The van der Waals surface area contributed by atoms with Crippen LogP contribution in [-0.4, -0.2) is 90.6 Å². The quantitative estimate of drug-likeness (QED) is 0.523. The summed E-state index contributed by atoms with van der Waals surface area (Å²) in [7, 11) is 0. The van der Waals surface area contributed by atoms with E-state index < -0.39 is 5.60 Å². The lowest BCUT2D eigenvalue weighted by Crippen LogP contribution is -2.54. The van der Waals surface area contributed by atoms with Gasteiger partial charge in [0.15, 0.2) is 11.7 Å². The first-order valence-corrected chi connectivity index (χ1v) is 11.1. The predicted molar refractivity (Wildman–Crippen MR) is 120 cm³/mol. The monoisotopic (exact) mass is 435 g/mol. The molecule has 9 heteroatoms. The number of carbonyl (C=O) groups excluding carboxylic acids is 2. The zero-order chi connectivity index (χ0) is 22.9. The van der Waals surface area contributed by atoms with Crippen molar-refractivity contribution in [3.8, 4) is 0 Å². The number of aliphatic imine (C=N–C) groups is 1. The molecule has 0 spiro atoms. The van der Waals surface area contributed by atoms with Crippen LogP contribution >= 0.6 is 0 Å². The Hall–Kier alpha value is -2.71. The van der Waals surface area contributed by atoms with Gasteiger partial charge in [0.05, 0.1) is 12.8 Å². The molecule has 31 heavy (non-hydrogen) atoms. The molecule has 0 aliphatic carbocycles. The number of furan rings is 1. The van der Waals surface area contributed by atoms with Crippen molar-refractivity contribution in [1.82, 2.24) is 20.0 Å². The van der Waals surface area contributed by atoms with Gasteiger partial charge in [-0.1, -0.05) is 6.92 Å². The maximum absolute atomic E-state index is 12.5. The molecule has 0 saturated carbocycles. The summed E-state index contributed by atoms with van der Waals surface area (Å²) in [6.45, 7) is 14.6. The number of carbonyl (C=O) groups is 2. The van der Waals surface area contributed by atoms with E-state index in [1.54, 1.807) is 21.9 Å². The lowest BCUT2D eigenvalue weighted by atomic mass is 10.2. The summed E-state index contributed by atoms with van der Waals surface area (Å²) in [5.74, 6) is 1.08. The minimum atomic E-state index is -0.520. The Balaban J connectivity index is 1.92. The van der Waals surface area contributed by atoms with Crippen LogP contribution in [0.25, 0.3) is 0 Å². The smallest absolute Gasteiger partial charge is 0.410 e. The molecule has 1 aromatic heterocycles. The SMILES string of the molecule is CCCN(CCN=C(NCC)N1CCN(C(=O)c2ccco2)CC1)C(=O)OC(C)(C)C. The molecule has 1 aliphatic heterocycles. The van der Waals surface area contributed by atoms with Crippen molar-refractivity contribution in [2.75, 3.05) is 52.4 Å². The minimum Gasteiger partial charge on any atom is -0.459 e. The van der Waals surface area contributed by atoms with Crippen LogP contribution in [0.4, 0.5) is 4.79 Å². The summed E-state index contributed by atoms with van der Waals surface area (Å²) < 4.78 is 10.7. The highest BCUT2D eigenvalue weighted by molar-refractivity contribution is 5.91. The number of hydrogen-bond donors (Lipinski definition) is 1. The second-order valence-corrected chi connectivity index (χ2v) is 8.46. The Morgan fingerprint density at radius 3 is 2.39 bits per heavy atom. The number of rotatable bonds is 7. The molecule has 1 N–H and O–H groups in total. The summed E-state index contributed by atoms with van der Waals surface area (Å²) in [6.07, 6.45) is 2.06. The van der Waals surface area contributed by atoms with Crippen LogP contribution < -0.4 is 5.32 Å². The van der Waals surface area contributed by atoms with Crippen molar-refractivity contribution in [3.05, 3.63) is 24.2 Å². The van der Waals surface area contributed by atoms with Gasteiger partial charge in [0.1, 0.15) is 5.60 Å². The molecule has 1 aromatic rings. The summed E-state index contributed by atoms with van der Waals surface area (Å²) in [5, 5.41) is 3.32. The molecule has 0 aromatic carbocycles. The number of hydrogen-bond acceptors (Lipinski definition) is 5. The number of piperazine rings is 1. The van der Waals surface area contributed by atoms with Crippen LogP contribution in [0.2, 0.25) is 0 Å². The molecule has 0 unspecified atom stereocenters. The number of nitrogens with zero attached hydrogens (tertiary/aromatic N) is 4. The average molecular weight is 436 g/mol. The van der Waals surface area contributed by atoms with Gasteiger partial charge >= 0.3 is 6.09 Å². The van der Waals surface area contributed by atoms with Gasteiger partial charge in [0, 0.05) is 45.8 Å². The molecule has 1 fully saturated rings. The predicted octanol–water partition coefficient (Wildman–Crippen LogP) is 2.65. The molecule has 0 bridgehead atoms. The summed E-state index contributed by atoms with van der Waals surface area (Å²) >= 11 is 0. The Kier molecular flexibility index (Phi) is 9.21. The third-order valence-corrected chi connectivity index (χ3v) is 4.71. The van der Waals surface area contributed by atoms with E-state index in [0.717, 1.165) is 18.9 Å². The van der Waals surface area contributed by atoms with E-state index in [1.165, 1.54) is 6.26 Å².